The Balaban J connectivity index is 1.29. The first kappa shape index (κ1) is 21.1. The molecule has 4 heterocycles. The van der Waals surface area contributed by atoms with Gasteiger partial charge in [0.15, 0.2) is 0 Å². The van der Waals surface area contributed by atoms with Crippen LogP contribution in [0.5, 0.6) is 0 Å². The van der Waals surface area contributed by atoms with Crippen LogP contribution in [0.1, 0.15) is 39.5 Å². The summed E-state index contributed by atoms with van der Waals surface area (Å²) in [6.07, 6.45) is 7.48. The summed E-state index contributed by atoms with van der Waals surface area (Å²) in [4.78, 5) is 38.8. The molecule has 3 aliphatic rings. The number of pyridine rings is 1. The minimum absolute atomic E-state index is 0.0810. The lowest BCUT2D eigenvalue weighted by Crippen LogP contribution is -2.53. The molecule has 2 amide bonds. The summed E-state index contributed by atoms with van der Waals surface area (Å²) in [6.45, 7) is 9.81. The molecule has 7 heteroatoms. The maximum absolute atomic E-state index is 13.2. The molecule has 3 aliphatic heterocycles. The number of piperidine rings is 1. The second kappa shape index (κ2) is 9.33. The van der Waals surface area contributed by atoms with Crippen molar-refractivity contribution < 1.29 is 9.59 Å². The number of carbonyl (C=O) groups is 2. The molecule has 3 saturated heterocycles. The van der Waals surface area contributed by atoms with Crippen molar-refractivity contribution >= 4 is 17.5 Å². The summed E-state index contributed by atoms with van der Waals surface area (Å²) < 4.78 is 0. The third kappa shape index (κ3) is 4.61. The Kier molecular flexibility index (Phi) is 6.56. The topological polar surface area (TPSA) is 60.0 Å². The van der Waals surface area contributed by atoms with Gasteiger partial charge in [-0.3, -0.25) is 19.5 Å². The summed E-state index contributed by atoms with van der Waals surface area (Å²) in [5.41, 5.74) is 1.19. The molecule has 0 aromatic carbocycles. The van der Waals surface area contributed by atoms with Gasteiger partial charge in [-0.2, -0.15) is 0 Å². The Morgan fingerprint density at radius 1 is 0.967 bits per heavy atom. The maximum atomic E-state index is 13.2. The number of rotatable bonds is 4. The van der Waals surface area contributed by atoms with Gasteiger partial charge in [-0.25, -0.2) is 0 Å². The van der Waals surface area contributed by atoms with Crippen molar-refractivity contribution in [1.29, 1.82) is 0 Å². The van der Waals surface area contributed by atoms with Crippen LogP contribution in [0.15, 0.2) is 24.5 Å². The summed E-state index contributed by atoms with van der Waals surface area (Å²) in [5.74, 6) is 0.593. The predicted molar refractivity (Wildman–Crippen MR) is 117 cm³/mol. The zero-order chi connectivity index (χ0) is 21.1. The minimum Gasteiger partial charge on any atom is -0.371 e. The first-order chi connectivity index (χ1) is 14.5. The number of hydrogen-bond donors (Lipinski definition) is 0. The van der Waals surface area contributed by atoms with E-state index in [1.54, 1.807) is 0 Å². The quantitative estimate of drug-likeness (QED) is 0.754. The van der Waals surface area contributed by atoms with Crippen LogP contribution in [0, 0.1) is 5.92 Å². The van der Waals surface area contributed by atoms with E-state index in [4.69, 9.17) is 0 Å². The molecule has 7 nitrogen and oxygen atoms in total. The lowest BCUT2D eigenvalue weighted by atomic mass is 9.94. The zero-order valence-corrected chi connectivity index (χ0v) is 18.4. The second-order valence-corrected chi connectivity index (χ2v) is 9.15. The highest BCUT2D eigenvalue weighted by Crippen LogP contribution is 2.25. The number of hydrogen-bond acceptors (Lipinski definition) is 5. The molecule has 0 radical (unpaired) electrons. The van der Waals surface area contributed by atoms with Crippen molar-refractivity contribution in [2.75, 3.05) is 50.7 Å². The van der Waals surface area contributed by atoms with E-state index in [0.29, 0.717) is 19.1 Å². The van der Waals surface area contributed by atoms with Gasteiger partial charge in [0.2, 0.25) is 11.8 Å². The van der Waals surface area contributed by atoms with Crippen LogP contribution >= 0.6 is 0 Å². The number of likely N-dealkylation sites (tertiary alicyclic amines) is 1. The Hall–Kier alpha value is -2.15. The second-order valence-electron chi connectivity index (χ2n) is 9.15. The van der Waals surface area contributed by atoms with Crippen molar-refractivity contribution in [3.63, 3.8) is 0 Å². The van der Waals surface area contributed by atoms with E-state index in [0.717, 1.165) is 52.0 Å². The number of aromatic nitrogens is 1. The van der Waals surface area contributed by atoms with Crippen molar-refractivity contribution in [3.8, 4) is 0 Å². The highest BCUT2D eigenvalue weighted by Gasteiger charge is 2.34. The lowest BCUT2D eigenvalue weighted by molar-refractivity contribution is -0.139. The molecule has 0 aliphatic carbocycles. The van der Waals surface area contributed by atoms with Gasteiger partial charge in [0, 0.05) is 75.4 Å². The Morgan fingerprint density at radius 3 is 2.33 bits per heavy atom. The summed E-state index contributed by atoms with van der Waals surface area (Å²) in [7, 11) is 0. The van der Waals surface area contributed by atoms with Crippen molar-refractivity contribution in [2.45, 2.75) is 51.6 Å². The van der Waals surface area contributed by atoms with E-state index < -0.39 is 0 Å². The van der Waals surface area contributed by atoms with Gasteiger partial charge in [-0.1, -0.05) is 0 Å². The maximum Gasteiger partial charge on any atom is 0.237 e. The number of amides is 2. The number of carbonyl (C=O) groups excluding carboxylic acids is 2. The Labute approximate surface area is 180 Å². The highest BCUT2D eigenvalue weighted by atomic mass is 16.2. The molecule has 2 unspecified atom stereocenters. The highest BCUT2D eigenvalue weighted by molar-refractivity contribution is 5.80. The van der Waals surface area contributed by atoms with Crippen LogP contribution in [0.2, 0.25) is 0 Å². The molecular weight excluding hydrogens is 378 g/mol. The number of nitrogens with zero attached hydrogens (tertiary/aromatic N) is 5. The van der Waals surface area contributed by atoms with E-state index in [-0.39, 0.29) is 23.8 Å². The molecule has 164 valence electrons. The van der Waals surface area contributed by atoms with Crippen LogP contribution < -0.4 is 4.90 Å². The van der Waals surface area contributed by atoms with Gasteiger partial charge in [-0.15, -0.1) is 0 Å². The van der Waals surface area contributed by atoms with E-state index in [1.807, 2.05) is 34.3 Å². The van der Waals surface area contributed by atoms with Crippen molar-refractivity contribution in [3.05, 3.63) is 24.5 Å². The molecule has 2 atom stereocenters. The van der Waals surface area contributed by atoms with Crippen LogP contribution in [0.3, 0.4) is 0 Å². The normalized spacial score (nSPS) is 26.3. The molecular formula is C23H35N5O2. The van der Waals surface area contributed by atoms with Crippen LogP contribution in [0.4, 0.5) is 5.69 Å². The largest absolute Gasteiger partial charge is 0.371 e. The van der Waals surface area contributed by atoms with Crippen LogP contribution in [0.25, 0.3) is 0 Å². The van der Waals surface area contributed by atoms with Gasteiger partial charge in [0.05, 0.1) is 6.54 Å². The summed E-state index contributed by atoms with van der Waals surface area (Å²) in [6, 6.07) is 4.67. The smallest absolute Gasteiger partial charge is 0.237 e. The van der Waals surface area contributed by atoms with Gasteiger partial charge in [0.1, 0.15) is 0 Å². The Morgan fingerprint density at radius 2 is 1.70 bits per heavy atom. The standard InChI is InChI=1S/C23H35N5O2/c1-18-6-13-26(18)17-22(29)28-12-3-11-27(16-19(28)2)23(30)20-7-14-25(15-8-20)21-4-9-24-10-5-21/h4-5,9-10,18-20H,3,6-8,11-17H2,1-2H3. The first-order valence-electron chi connectivity index (χ1n) is 11.5. The first-order valence-corrected chi connectivity index (χ1v) is 11.5. The fourth-order valence-corrected chi connectivity index (χ4v) is 5.00. The lowest BCUT2D eigenvalue weighted by Gasteiger charge is -2.40. The minimum atomic E-state index is 0.0810. The summed E-state index contributed by atoms with van der Waals surface area (Å²) in [5, 5.41) is 0. The monoisotopic (exact) mass is 413 g/mol. The van der Waals surface area contributed by atoms with Crippen LogP contribution in [-0.2, 0) is 9.59 Å². The molecule has 0 spiro atoms. The Bertz CT molecular complexity index is 734. The molecule has 0 saturated carbocycles. The van der Waals surface area contributed by atoms with E-state index >= 15 is 0 Å². The molecule has 0 N–H and O–H groups in total. The molecule has 3 fully saturated rings. The zero-order valence-electron chi connectivity index (χ0n) is 18.4. The fourth-order valence-electron chi connectivity index (χ4n) is 5.00. The van der Waals surface area contributed by atoms with Crippen molar-refractivity contribution in [1.82, 2.24) is 19.7 Å². The van der Waals surface area contributed by atoms with Crippen LogP contribution in [-0.4, -0.2) is 89.4 Å². The average molecular weight is 414 g/mol. The van der Waals surface area contributed by atoms with Gasteiger partial charge >= 0.3 is 0 Å². The van der Waals surface area contributed by atoms with Gasteiger partial charge in [-0.05, 0) is 51.7 Å². The third-order valence-electron chi connectivity index (χ3n) is 7.14. The summed E-state index contributed by atoms with van der Waals surface area (Å²) >= 11 is 0. The average Bonchev–Trinajstić information content (AvgIpc) is 2.98. The molecule has 30 heavy (non-hydrogen) atoms. The van der Waals surface area contributed by atoms with Gasteiger partial charge < -0.3 is 14.7 Å². The van der Waals surface area contributed by atoms with E-state index in [2.05, 4.69) is 28.6 Å². The molecule has 1 aromatic heterocycles. The number of anilines is 1. The molecule has 1 aromatic rings. The van der Waals surface area contributed by atoms with Gasteiger partial charge in [0.25, 0.3) is 0 Å². The molecule has 4 rings (SSSR count). The molecule has 0 bridgehead atoms. The fraction of sp³-hybridized carbons (Fsp3) is 0.696. The van der Waals surface area contributed by atoms with E-state index in [1.165, 1.54) is 12.1 Å². The SMILES string of the molecule is CC1CCN1CC(=O)N1CCCN(C(=O)C2CCN(c3ccncc3)CC2)CC1C. The third-order valence-corrected chi connectivity index (χ3v) is 7.14. The predicted octanol–water partition coefficient (Wildman–Crippen LogP) is 1.84. The van der Waals surface area contributed by atoms with E-state index in [9.17, 15) is 9.59 Å². The van der Waals surface area contributed by atoms with Crippen molar-refractivity contribution in [2.24, 2.45) is 5.92 Å².